The van der Waals surface area contributed by atoms with Crippen LogP contribution in [0.5, 0.6) is 5.75 Å². The van der Waals surface area contributed by atoms with E-state index in [1.807, 2.05) is 13.8 Å². The number of hydrogen-bond acceptors (Lipinski definition) is 4. The third kappa shape index (κ3) is 2.03. The van der Waals surface area contributed by atoms with Gasteiger partial charge in [-0.3, -0.25) is 4.79 Å². The Balaban J connectivity index is 2.85. The van der Waals surface area contributed by atoms with Crippen molar-refractivity contribution in [2.75, 3.05) is 0 Å². The van der Waals surface area contributed by atoms with Crippen molar-refractivity contribution in [2.45, 2.75) is 27.3 Å². The summed E-state index contributed by atoms with van der Waals surface area (Å²) in [6.07, 6.45) is 0. The maximum atomic E-state index is 12.3. The zero-order valence-electron chi connectivity index (χ0n) is 10.6. The first-order chi connectivity index (χ1) is 8.40. The molecule has 2 heterocycles. The van der Waals surface area contributed by atoms with Crippen molar-refractivity contribution in [2.24, 2.45) is 5.92 Å². The van der Waals surface area contributed by atoms with Crippen LogP contribution in [0.4, 0.5) is 0 Å². The highest BCUT2D eigenvalue weighted by molar-refractivity contribution is 5.82. The highest BCUT2D eigenvalue weighted by Crippen LogP contribution is 2.19. The van der Waals surface area contributed by atoms with E-state index in [9.17, 15) is 14.7 Å². The second-order valence-corrected chi connectivity index (χ2v) is 4.79. The zero-order chi connectivity index (χ0) is 13.4. The number of nitrogens with zero attached hydrogens (tertiary/aromatic N) is 1. The number of aromatic hydroxyl groups is 1. The molecule has 18 heavy (non-hydrogen) atoms. The van der Waals surface area contributed by atoms with E-state index in [1.54, 1.807) is 17.6 Å². The SMILES string of the molecule is Cc1cc2oc(=O)cc(O)c2c(=O)n1CC(C)C. The highest BCUT2D eigenvalue weighted by Gasteiger charge is 2.13. The van der Waals surface area contributed by atoms with Crippen LogP contribution in [0.3, 0.4) is 0 Å². The fourth-order valence-corrected chi connectivity index (χ4v) is 1.97. The van der Waals surface area contributed by atoms with Crippen LogP contribution >= 0.6 is 0 Å². The minimum absolute atomic E-state index is 0.0563. The van der Waals surface area contributed by atoms with E-state index in [4.69, 9.17) is 4.42 Å². The lowest BCUT2D eigenvalue weighted by Crippen LogP contribution is -2.25. The molecule has 0 saturated carbocycles. The number of aromatic nitrogens is 1. The standard InChI is InChI=1S/C13H15NO4/c1-7(2)6-14-8(3)4-10-12(13(14)17)9(15)5-11(16)18-10/h4-5,7,15H,6H2,1-3H3. The predicted octanol–water partition coefficient (Wildman–Crippen LogP) is 1.62. The summed E-state index contributed by atoms with van der Waals surface area (Å²) in [5, 5.41) is 9.77. The average Bonchev–Trinajstić information content (AvgIpc) is 2.22. The average molecular weight is 249 g/mol. The van der Waals surface area contributed by atoms with Gasteiger partial charge in [-0.1, -0.05) is 13.8 Å². The molecule has 2 aromatic heterocycles. The van der Waals surface area contributed by atoms with Gasteiger partial charge in [-0.25, -0.2) is 4.79 Å². The van der Waals surface area contributed by atoms with Crippen LogP contribution in [0.1, 0.15) is 19.5 Å². The van der Waals surface area contributed by atoms with Crippen LogP contribution < -0.4 is 11.2 Å². The first kappa shape index (κ1) is 12.4. The topological polar surface area (TPSA) is 72.4 Å². The summed E-state index contributed by atoms with van der Waals surface area (Å²) in [5.74, 6) is -0.0273. The molecule has 0 atom stereocenters. The van der Waals surface area contributed by atoms with Gasteiger partial charge in [0.05, 0.1) is 6.07 Å². The monoisotopic (exact) mass is 249 g/mol. The summed E-state index contributed by atoms with van der Waals surface area (Å²) in [5.41, 5.74) is -0.169. The smallest absolute Gasteiger partial charge is 0.339 e. The van der Waals surface area contributed by atoms with Gasteiger partial charge in [0.15, 0.2) is 0 Å². The third-order valence-corrected chi connectivity index (χ3v) is 2.74. The van der Waals surface area contributed by atoms with Crippen molar-refractivity contribution in [1.82, 2.24) is 4.57 Å². The van der Waals surface area contributed by atoms with Crippen LogP contribution in [0.2, 0.25) is 0 Å². The molecular weight excluding hydrogens is 234 g/mol. The van der Waals surface area contributed by atoms with Crippen LogP contribution in [-0.2, 0) is 6.54 Å². The van der Waals surface area contributed by atoms with Crippen LogP contribution in [0.15, 0.2) is 26.1 Å². The Morgan fingerprint density at radius 3 is 2.61 bits per heavy atom. The lowest BCUT2D eigenvalue weighted by molar-refractivity contribution is 0.462. The van der Waals surface area contributed by atoms with Gasteiger partial charge in [0.2, 0.25) is 0 Å². The number of hydrogen-bond donors (Lipinski definition) is 1. The molecule has 0 saturated heterocycles. The summed E-state index contributed by atoms with van der Waals surface area (Å²) < 4.78 is 6.51. The summed E-state index contributed by atoms with van der Waals surface area (Å²) in [4.78, 5) is 23.4. The molecule has 2 rings (SSSR count). The molecule has 0 radical (unpaired) electrons. The van der Waals surface area contributed by atoms with Crippen molar-refractivity contribution in [3.8, 4) is 5.75 Å². The van der Waals surface area contributed by atoms with Crippen LogP contribution in [0, 0.1) is 12.8 Å². The van der Waals surface area contributed by atoms with Gasteiger partial charge in [0.1, 0.15) is 16.7 Å². The Labute approximate surface area is 103 Å². The molecule has 0 aliphatic heterocycles. The zero-order valence-corrected chi connectivity index (χ0v) is 10.6. The molecule has 0 bridgehead atoms. The second kappa shape index (κ2) is 4.33. The third-order valence-electron chi connectivity index (χ3n) is 2.74. The molecule has 0 spiro atoms. The lowest BCUT2D eigenvalue weighted by Gasteiger charge is -2.13. The Morgan fingerprint density at radius 2 is 2.00 bits per heavy atom. The summed E-state index contributed by atoms with van der Waals surface area (Å²) in [7, 11) is 0. The molecule has 5 heteroatoms. The number of rotatable bonds is 2. The molecule has 5 nitrogen and oxygen atoms in total. The molecular formula is C13H15NO4. The first-order valence-electron chi connectivity index (χ1n) is 5.77. The number of pyridine rings is 1. The number of aryl methyl sites for hydroxylation is 1. The molecule has 0 unspecified atom stereocenters. The van der Waals surface area contributed by atoms with Crippen LogP contribution in [0.25, 0.3) is 11.0 Å². The molecule has 0 aliphatic carbocycles. The van der Waals surface area contributed by atoms with Gasteiger partial charge in [-0.05, 0) is 12.8 Å². The van der Waals surface area contributed by atoms with E-state index in [2.05, 4.69) is 0 Å². The van der Waals surface area contributed by atoms with Gasteiger partial charge in [-0.15, -0.1) is 0 Å². The number of fused-ring (bicyclic) bond motifs is 1. The van der Waals surface area contributed by atoms with E-state index in [0.717, 1.165) is 6.07 Å². The summed E-state index contributed by atoms with van der Waals surface area (Å²) >= 11 is 0. The summed E-state index contributed by atoms with van der Waals surface area (Å²) in [6.45, 7) is 6.33. The lowest BCUT2D eigenvalue weighted by atomic mass is 10.2. The van der Waals surface area contributed by atoms with E-state index in [-0.39, 0.29) is 22.3 Å². The Bertz CT molecular complexity index is 709. The van der Waals surface area contributed by atoms with Crippen molar-refractivity contribution in [3.05, 3.63) is 38.6 Å². The van der Waals surface area contributed by atoms with Crippen molar-refractivity contribution in [3.63, 3.8) is 0 Å². The van der Waals surface area contributed by atoms with Gasteiger partial charge < -0.3 is 14.1 Å². The molecule has 1 N–H and O–H groups in total. The molecule has 96 valence electrons. The first-order valence-corrected chi connectivity index (χ1v) is 5.77. The van der Waals surface area contributed by atoms with Crippen LogP contribution in [-0.4, -0.2) is 9.67 Å². The van der Waals surface area contributed by atoms with Gasteiger partial charge in [0, 0.05) is 18.3 Å². The van der Waals surface area contributed by atoms with Gasteiger partial charge >= 0.3 is 5.63 Å². The Hall–Kier alpha value is -2.04. The normalized spacial score (nSPS) is 11.3. The molecule has 0 fully saturated rings. The van der Waals surface area contributed by atoms with Crippen molar-refractivity contribution >= 4 is 11.0 Å². The van der Waals surface area contributed by atoms with Crippen molar-refractivity contribution < 1.29 is 9.52 Å². The fraction of sp³-hybridized carbons (Fsp3) is 0.385. The van der Waals surface area contributed by atoms with E-state index in [1.165, 1.54) is 0 Å². The molecule has 0 amide bonds. The highest BCUT2D eigenvalue weighted by atomic mass is 16.4. The predicted molar refractivity (Wildman–Crippen MR) is 68.0 cm³/mol. The minimum atomic E-state index is -0.666. The maximum Gasteiger partial charge on any atom is 0.339 e. The van der Waals surface area contributed by atoms with Gasteiger partial charge in [-0.2, -0.15) is 0 Å². The molecule has 0 aromatic carbocycles. The van der Waals surface area contributed by atoms with E-state index in [0.29, 0.717) is 18.2 Å². The van der Waals surface area contributed by atoms with Gasteiger partial charge in [0.25, 0.3) is 5.56 Å². The largest absolute Gasteiger partial charge is 0.507 e. The Kier molecular flexibility index (Phi) is 2.98. The minimum Gasteiger partial charge on any atom is -0.507 e. The maximum absolute atomic E-state index is 12.3. The van der Waals surface area contributed by atoms with E-state index >= 15 is 0 Å². The molecule has 0 aliphatic rings. The van der Waals surface area contributed by atoms with Crippen molar-refractivity contribution in [1.29, 1.82) is 0 Å². The fourth-order valence-electron chi connectivity index (χ4n) is 1.97. The second-order valence-electron chi connectivity index (χ2n) is 4.79. The quantitative estimate of drug-likeness (QED) is 0.877. The Morgan fingerprint density at radius 1 is 1.33 bits per heavy atom. The van der Waals surface area contributed by atoms with E-state index < -0.39 is 5.63 Å². The summed E-state index contributed by atoms with van der Waals surface area (Å²) in [6, 6.07) is 2.51. The molecule has 2 aromatic rings.